The van der Waals surface area contributed by atoms with Gasteiger partial charge >= 0.3 is 0 Å². The Hall–Kier alpha value is -1.55. The van der Waals surface area contributed by atoms with Gasteiger partial charge in [-0.3, -0.25) is 4.79 Å². The van der Waals surface area contributed by atoms with E-state index in [9.17, 15) is 4.79 Å². The van der Waals surface area contributed by atoms with Gasteiger partial charge in [0.1, 0.15) is 5.75 Å². The maximum absolute atomic E-state index is 12.2. The molecule has 0 unspecified atom stereocenters. The van der Waals surface area contributed by atoms with Crippen molar-refractivity contribution in [2.45, 2.75) is 32.2 Å². The van der Waals surface area contributed by atoms with E-state index in [0.29, 0.717) is 0 Å². The van der Waals surface area contributed by atoms with Crippen LogP contribution in [0.2, 0.25) is 0 Å². The van der Waals surface area contributed by atoms with Crippen LogP contribution in [0.25, 0.3) is 0 Å². The molecule has 1 aliphatic rings. The molecule has 1 saturated heterocycles. The summed E-state index contributed by atoms with van der Waals surface area (Å²) in [5.74, 6) is 0.898. The van der Waals surface area contributed by atoms with E-state index in [1.54, 1.807) is 7.11 Å². The lowest BCUT2D eigenvalue weighted by Gasteiger charge is -2.28. The van der Waals surface area contributed by atoms with Crippen LogP contribution in [0.3, 0.4) is 0 Å². The highest BCUT2D eigenvalue weighted by molar-refractivity contribution is 5.93. The van der Waals surface area contributed by atoms with Gasteiger partial charge in [0.25, 0.3) is 5.91 Å². The number of carbonyl (C=O) groups is 1. The van der Waals surface area contributed by atoms with Gasteiger partial charge in [0.05, 0.1) is 20.2 Å². The highest BCUT2D eigenvalue weighted by Gasteiger charge is 2.26. The number of benzene rings is 1. The normalized spacial score (nSPS) is 17.8. The van der Waals surface area contributed by atoms with Crippen molar-refractivity contribution in [3.63, 3.8) is 0 Å². The van der Waals surface area contributed by atoms with Crippen molar-refractivity contribution in [1.29, 1.82) is 0 Å². The average Bonchev–Trinajstić information content (AvgIpc) is 2.48. The summed E-state index contributed by atoms with van der Waals surface area (Å²) in [5.41, 5.74) is 0.828. The second kappa shape index (κ2) is 6.57. The molecule has 104 valence electrons. The summed E-state index contributed by atoms with van der Waals surface area (Å²) >= 11 is 0. The van der Waals surface area contributed by atoms with Crippen molar-refractivity contribution in [3.05, 3.63) is 24.3 Å². The monoisotopic (exact) mass is 263 g/mol. The number of likely N-dealkylation sites (tertiary alicyclic amines) is 1. The van der Waals surface area contributed by atoms with Gasteiger partial charge < -0.3 is 15.0 Å². The number of ether oxygens (including phenoxy) is 1. The minimum atomic E-state index is 0.0161. The molecule has 1 heterocycles. The molecule has 2 rings (SSSR count). The molecule has 1 fully saturated rings. The van der Waals surface area contributed by atoms with E-state index >= 15 is 0 Å². The summed E-state index contributed by atoms with van der Waals surface area (Å²) in [7, 11) is 1.63. The molecular formula is C15H23N2O2+. The number of amides is 1. The van der Waals surface area contributed by atoms with Crippen LogP contribution in [0, 0.1) is 0 Å². The zero-order valence-electron chi connectivity index (χ0n) is 11.7. The van der Waals surface area contributed by atoms with Crippen LogP contribution in [0.15, 0.2) is 24.3 Å². The number of nitrogens with one attached hydrogen (secondary N) is 2. The van der Waals surface area contributed by atoms with Crippen LogP contribution >= 0.6 is 0 Å². The van der Waals surface area contributed by atoms with Gasteiger partial charge in [-0.15, -0.1) is 0 Å². The predicted octanol–water partition coefficient (Wildman–Crippen LogP) is 1.09. The van der Waals surface area contributed by atoms with Crippen LogP contribution in [0.1, 0.15) is 26.2 Å². The molecule has 2 N–H and O–H groups in total. The fraction of sp³-hybridized carbons (Fsp3) is 0.533. The second-order valence-electron chi connectivity index (χ2n) is 5.16. The Kier molecular flexibility index (Phi) is 4.80. The van der Waals surface area contributed by atoms with Gasteiger partial charge in [0.2, 0.25) is 0 Å². The number of quaternary nitrogens is 1. The van der Waals surface area contributed by atoms with E-state index in [2.05, 4.69) is 5.32 Å². The summed E-state index contributed by atoms with van der Waals surface area (Å²) in [4.78, 5) is 13.6. The van der Waals surface area contributed by atoms with Crippen molar-refractivity contribution >= 4 is 11.6 Å². The minimum Gasteiger partial charge on any atom is -0.497 e. The predicted molar refractivity (Wildman–Crippen MR) is 75.6 cm³/mol. The highest BCUT2D eigenvalue weighted by atomic mass is 16.5. The summed E-state index contributed by atoms with van der Waals surface area (Å²) < 4.78 is 5.10. The summed E-state index contributed by atoms with van der Waals surface area (Å²) in [5, 5.41) is 2.97. The molecule has 0 spiro atoms. The molecule has 1 aromatic rings. The third-order valence-corrected chi connectivity index (χ3v) is 3.86. The first kappa shape index (κ1) is 13.9. The quantitative estimate of drug-likeness (QED) is 0.854. The topological polar surface area (TPSA) is 42.8 Å². The Morgan fingerprint density at radius 3 is 2.42 bits per heavy atom. The molecule has 0 saturated carbocycles. The number of rotatable bonds is 4. The fourth-order valence-electron chi connectivity index (χ4n) is 2.55. The second-order valence-corrected chi connectivity index (χ2v) is 5.16. The first-order valence-electron chi connectivity index (χ1n) is 7.00. The number of hydrogen-bond acceptors (Lipinski definition) is 2. The lowest BCUT2D eigenvalue weighted by Crippen LogP contribution is -3.17. The first-order valence-corrected chi connectivity index (χ1v) is 7.00. The smallest absolute Gasteiger partial charge is 0.282 e. The van der Waals surface area contributed by atoms with E-state index in [-0.39, 0.29) is 11.9 Å². The number of piperidine rings is 1. The Morgan fingerprint density at radius 2 is 1.84 bits per heavy atom. The van der Waals surface area contributed by atoms with Gasteiger partial charge in [-0.05, 0) is 50.5 Å². The number of carbonyl (C=O) groups excluding carboxylic acids is 1. The van der Waals surface area contributed by atoms with Gasteiger partial charge in [-0.2, -0.15) is 0 Å². The molecule has 4 heteroatoms. The molecule has 0 aromatic heterocycles. The van der Waals surface area contributed by atoms with E-state index in [0.717, 1.165) is 24.5 Å². The van der Waals surface area contributed by atoms with Crippen molar-refractivity contribution in [3.8, 4) is 5.75 Å². The largest absolute Gasteiger partial charge is 0.497 e. The molecule has 1 aromatic carbocycles. The third kappa shape index (κ3) is 3.70. The Morgan fingerprint density at radius 1 is 1.21 bits per heavy atom. The first-order chi connectivity index (χ1) is 9.20. The van der Waals surface area contributed by atoms with Crippen LogP contribution < -0.4 is 15.0 Å². The zero-order chi connectivity index (χ0) is 13.7. The average molecular weight is 263 g/mol. The van der Waals surface area contributed by atoms with E-state index in [4.69, 9.17) is 4.74 Å². The standard InChI is InChI=1S/C15H22N2O2/c1-12(17-10-4-3-5-11-17)15(18)16-13-6-8-14(19-2)9-7-13/h6-9,12H,3-5,10-11H2,1-2H3,(H,16,18)/p+1/t12-/m1/s1. The van der Waals surface area contributed by atoms with Gasteiger partial charge in [0.15, 0.2) is 6.04 Å². The summed E-state index contributed by atoms with van der Waals surface area (Å²) in [6, 6.07) is 7.47. The van der Waals surface area contributed by atoms with Gasteiger partial charge in [0, 0.05) is 5.69 Å². The van der Waals surface area contributed by atoms with E-state index < -0.39 is 0 Å². The van der Waals surface area contributed by atoms with Crippen LogP contribution in [-0.2, 0) is 4.79 Å². The number of hydrogen-bond donors (Lipinski definition) is 2. The van der Waals surface area contributed by atoms with Crippen molar-refractivity contribution in [2.24, 2.45) is 0 Å². The molecule has 1 aliphatic heterocycles. The fourth-order valence-corrected chi connectivity index (χ4v) is 2.55. The zero-order valence-corrected chi connectivity index (χ0v) is 11.7. The molecule has 19 heavy (non-hydrogen) atoms. The summed E-state index contributed by atoms with van der Waals surface area (Å²) in [6.45, 7) is 4.23. The number of methoxy groups -OCH3 is 1. The molecular weight excluding hydrogens is 240 g/mol. The highest BCUT2D eigenvalue weighted by Crippen LogP contribution is 2.14. The minimum absolute atomic E-state index is 0.0161. The molecule has 1 amide bonds. The van der Waals surface area contributed by atoms with Gasteiger partial charge in [-0.25, -0.2) is 0 Å². The molecule has 0 aliphatic carbocycles. The van der Waals surface area contributed by atoms with Crippen molar-refractivity contribution in [1.82, 2.24) is 0 Å². The van der Waals surface area contributed by atoms with Crippen molar-refractivity contribution in [2.75, 3.05) is 25.5 Å². The molecule has 0 radical (unpaired) electrons. The lowest BCUT2D eigenvalue weighted by molar-refractivity contribution is -0.918. The molecule has 0 bridgehead atoms. The molecule has 4 nitrogen and oxygen atoms in total. The van der Waals surface area contributed by atoms with E-state index in [1.807, 2.05) is 31.2 Å². The Labute approximate surface area is 114 Å². The lowest BCUT2D eigenvalue weighted by atomic mass is 10.1. The van der Waals surface area contributed by atoms with Crippen LogP contribution in [0.4, 0.5) is 5.69 Å². The third-order valence-electron chi connectivity index (χ3n) is 3.86. The van der Waals surface area contributed by atoms with Crippen molar-refractivity contribution < 1.29 is 14.4 Å². The van der Waals surface area contributed by atoms with E-state index in [1.165, 1.54) is 24.2 Å². The SMILES string of the molecule is COc1ccc(NC(=O)[C@@H](C)[NH+]2CCCCC2)cc1. The maximum Gasteiger partial charge on any atom is 0.282 e. The van der Waals surface area contributed by atoms with Crippen LogP contribution in [-0.4, -0.2) is 32.1 Å². The molecule has 1 atom stereocenters. The number of anilines is 1. The Bertz CT molecular complexity index is 411. The Balaban J connectivity index is 1.91. The van der Waals surface area contributed by atoms with Gasteiger partial charge in [-0.1, -0.05) is 0 Å². The van der Waals surface area contributed by atoms with Crippen LogP contribution in [0.5, 0.6) is 5.75 Å². The summed E-state index contributed by atoms with van der Waals surface area (Å²) in [6.07, 6.45) is 3.77. The maximum atomic E-state index is 12.2.